The summed E-state index contributed by atoms with van der Waals surface area (Å²) in [5, 5.41) is 3.17. The van der Waals surface area contributed by atoms with Gasteiger partial charge in [-0.05, 0) is 42.2 Å². The van der Waals surface area contributed by atoms with Gasteiger partial charge >= 0.3 is 0 Å². The molecule has 2 aromatic rings. The van der Waals surface area contributed by atoms with E-state index >= 15 is 0 Å². The lowest BCUT2D eigenvalue weighted by atomic mass is 9.95. The first kappa shape index (κ1) is 14.1. The van der Waals surface area contributed by atoms with Gasteiger partial charge in [-0.15, -0.1) is 11.3 Å². The number of thiophene rings is 1. The molecule has 1 aromatic carbocycles. The number of hydrogen-bond donors (Lipinski definition) is 1. The van der Waals surface area contributed by atoms with Crippen LogP contribution in [0.2, 0.25) is 0 Å². The van der Waals surface area contributed by atoms with Crippen molar-refractivity contribution < 1.29 is 4.39 Å². The predicted molar refractivity (Wildman–Crippen MR) is 81.5 cm³/mol. The largest absolute Gasteiger partial charge is 0.378 e. The van der Waals surface area contributed by atoms with Gasteiger partial charge in [0.1, 0.15) is 5.82 Å². The summed E-state index contributed by atoms with van der Waals surface area (Å²) in [5.41, 5.74) is 1.81. The maximum atomic E-state index is 13.6. The number of benzene rings is 1. The van der Waals surface area contributed by atoms with Crippen LogP contribution in [0, 0.1) is 12.7 Å². The SMILES string of the molecule is Cc1ccc(F)c(NCc2ccc(C(C)(C)C)s2)c1. The molecule has 0 radical (unpaired) electrons. The monoisotopic (exact) mass is 277 g/mol. The fraction of sp³-hybridized carbons (Fsp3) is 0.375. The summed E-state index contributed by atoms with van der Waals surface area (Å²) in [4.78, 5) is 2.58. The van der Waals surface area contributed by atoms with Crippen molar-refractivity contribution in [2.45, 2.75) is 39.7 Å². The Bertz CT molecular complexity index is 566. The smallest absolute Gasteiger partial charge is 0.146 e. The van der Waals surface area contributed by atoms with Crippen LogP contribution < -0.4 is 5.32 Å². The molecule has 102 valence electrons. The van der Waals surface area contributed by atoms with Gasteiger partial charge in [-0.1, -0.05) is 26.8 Å². The molecule has 1 nitrogen and oxygen atoms in total. The normalized spacial score (nSPS) is 11.6. The Morgan fingerprint density at radius 1 is 1.16 bits per heavy atom. The first-order valence-electron chi connectivity index (χ1n) is 6.45. The Morgan fingerprint density at radius 3 is 2.53 bits per heavy atom. The van der Waals surface area contributed by atoms with E-state index in [1.54, 1.807) is 17.4 Å². The lowest BCUT2D eigenvalue weighted by Crippen LogP contribution is -2.07. The molecule has 1 heterocycles. The third-order valence-corrected chi connectivity index (χ3v) is 4.49. The molecule has 19 heavy (non-hydrogen) atoms. The zero-order valence-corrected chi connectivity index (χ0v) is 12.7. The topological polar surface area (TPSA) is 12.0 Å². The highest BCUT2D eigenvalue weighted by molar-refractivity contribution is 7.12. The van der Waals surface area contributed by atoms with Gasteiger partial charge in [-0.3, -0.25) is 0 Å². The molecular weight excluding hydrogens is 257 g/mol. The molecule has 0 bridgehead atoms. The van der Waals surface area contributed by atoms with Gasteiger partial charge in [0, 0.05) is 16.3 Å². The summed E-state index contributed by atoms with van der Waals surface area (Å²) in [5.74, 6) is -0.196. The molecule has 0 aliphatic heterocycles. The van der Waals surface area contributed by atoms with E-state index in [0.717, 1.165) is 5.56 Å². The number of rotatable bonds is 3. The molecule has 0 aliphatic rings. The van der Waals surface area contributed by atoms with Gasteiger partial charge in [-0.25, -0.2) is 4.39 Å². The van der Waals surface area contributed by atoms with E-state index in [1.807, 2.05) is 13.0 Å². The molecule has 0 amide bonds. The molecule has 1 aromatic heterocycles. The number of anilines is 1. The molecule has 0 saturated heterocycles. The maximum Gasteiger partial charge on any atom is 0.146 e. The van der Waals surface area contributed by atoms with Crippen molar-refractivity contribution >= 4 is 17.0 Å². The van der Waals surface area contributed by atoms with Crippen molar-refractivity contribution in [2.75, 3.05) is 5.32 Å². The summed E-state index contributed by atoms with van der Waals surface area (Å²) in [7, 11) is 0. The summed E-state index contributed by atoms with van der Waals surface area (Å²) in [6, 6.07) is 9.41. The van der Waals surface area contributed by atoms with E-state index in [0.29, 0.717) is 12.2 Å². The number of nitrogens with one attached hydrogen (secondary N) is 1. The lowest BCUT2D eigenvalue weighted by molar-refractivity contribution is 0.604. The molecule has 0 atom stereocenters. The molecule has 2 rings (SSSR count). The third kappa shape index (κ3) is 3.57. The van der Waals surface area contributed by atoms with E-state index in [-0.39, 0.29) is 11.2 Å². The maximum absolute atomic E-state index is 13.6. The van der Waals surface area contributed by atoms with Gasteiger partial charge in [0.05, 0.1) is 5.69 Å². The fourth-order valence-electron chi connectivity index (χ4n) is 1.83. The number of hydrogen-bond acceptors (Lipinski definition) is 2. The van der Waals surface area contributed by atoms with Crippen LogP contribution in [0.5, 0.6) is 0 Å². The minimum absolute atomic E-state index is 0.178. The Hall–Kier alpha value is -1.35. The van der Waals surface area contributed by atoms with E-state index < -0.39 is 0 Å². The Balaban J connectivity index is 2.06. The van der Waals surface area contributed by atoms with Crippen LogP contribution in [0.25, 0.3) is 0 Å². The predicted octanol–water partition coefficient (Wildman–Crippen LogP) is 5.11. The van der Waals surface area contributed by atoms with Crippen LogP contribution in [0.1, 0.15) is 36.1 Å². The Morgan fingerprint density at radius 2 is 1.89 bits per heavy atom. The van der Waals surface area contributed by atoms with E-state index in [4.69, 9.17) is 0 Å². The highest BCUT2D eigenvalue weighted by Gasteiger charge is 2.15. The van der Waals surface area contributed by atoms with Gasteiger partial charge < -0.3 is 5.32 Å². The average Bonchev–Trinajstić information content (AvgIpc) is 2.79. The second-order valence-electron chi connectivity index (χ2n) is 5.85. The number of aryl methyl sites for hydroxylation is 1. The molecule has 1 N–H and O–H groups in total. The molecule has 0 saturated carbocycles. The standard InChI is InChI=1S/C16H20FNS/c1-11-5-7-13(17)14(9-11)18-10-12-6-8-15(19-12)16(2,3)4/h5-9,18H,10H2,1-4H3. The van der Waals surface area contributed by atoms with E-state index in [9.17, 15) is 4.39 Å². The fourth-order valence-corrected chi connectivity index (χ4v) is 2.84. The van der Waals surface area contributed by atoms with Crippen LogP contribution in [0.4, 0.5) is 10.1 Å². The highest BCUT2D eigenvalue weighted by atomic mass is 32.1. The quantitative estimate of drug-likeness (QED) is 0.822. The van der Waals surface area contributed by atoms with Gasteiger partial charge in [0.15, 0.2) is 0 Å². The van der Waals surface area contributed by atoms with Crippen LogP contribution in [0.15, 0.2) is 30.3 Å². The minimum Gasteiger partial charge on any atom is -0.378 e. The zero-order valence-electron chi connectivity index (χ0n) is 11.9. The summed E-state index contributed by atoms with van der Waals surface area (Å²) >= 11 is 1.78. The van der Waals surface area contributed by atoms with E-state index in [2.05, 4.69) is 38.2 Å². The zero-order chi connectivity index (χ0) is 14.0. The van der Waals surface area contributed by atoms with Gasteiger partial charge in [-0.2, -0.15) is 0 Å². The third-order valence-electron chi connectivity index (χ3n) is 2.98. The van der Waals surface area contributed by atoms with Crippen LogP contribution in [-0.4, -0.2) is 0 Å². The van der Waals surface area contributed by atoms with Crippen LogP contribution >= 0.6 is 11.3 Å². The van der Waals surface area contributed by atoms with Crippen LogP contribution in [0.3, 0.4) is 0 Å². The number of halogens is 1. The average molecular weight is 277 g/mol. The summed E-state index contributed by atoms with van der Waals surface area (Å²) in [6.07, 6.45) is 0. The minimum atomic E-state index is -0.196. The first-order valence-corrected chi connectivity index (χ1v) is 7.27. The van der Waals surface area contributed by atoms with Gasteiger partial charge in [0.2, 0.25) is 0 Å². The lowest BCUT2D eigenvalue weighted by Gasteiger charge is -2.15. The van der Waals surface area contributed by atoms with Crippen molar-refractivity contribution in [1.82, 2.24) is 0 Å². The Labute approximate surface area is 118 Å². The van der Waals surface area contributed by atoms with Crippen molar-refractivity contribution in [3.8, 4) is 0 Å². The second-order valence-corrected chi connectivity index (χ2v) is 7.02. The Kier molecular flexibility index (Phi) is 3.95. The van der Waals surface area contributed by atoms with Crippen molar-refractivity contribution in [3.05, 3.63) is 51.5 Å². The molecule has 0 fully saturated rings. The molecule has 0 aliphatic carbocycles. The molecule has 0 spiro atoms. The van der Waals surface area contributed by atoms with Crippen molar-refractivity contribution in [2.24, 2.45) is 0 Å². The molecule has 0 unspecified atom stereocenters. The van der Waals surface area contributed by atoms with Crippen molar-refractivity contribution in [3.63, 3.8) is 0 Å². The van der Waals surface area contributed by atoms with E-state index in [1.165, 1.54) is 15.8 Å². The molecule has 3 heteroatoms. The summed E-state index contributed by atoms with van der Waals surface area (Å²) in [6.45, 7) is 9.25. The van der Waals surface area contributed by atoms with Crippen molar-refractivity contribution in [1.29, 1.82) is 0 Å². The second kappa shape index (κ2) is 5.33. The summed E-state index contributed by atoms with van der Waals surface area (Å²) < 4.78 is 13.6. The van der Waals surface area contributed by atoms with Crippen LogP contribution in [-0.2, 0) is 12.0 Å². The highest BCUT2D eigenvalue weighted by Crippen LogP contribution is 2.30. The molecular formula is C16H20FNS. The first-order chi connectivity index (χ1) is 8.86. The van der Waals surface area contributed by atoms with Gasteiger partial charge in [0.25, 0.3) is 0 Å².